The quantitative estimate of drug-likeness (QED) is 0.716. The van der Waals surface area contributed by atoms with Crippen LogP contribution in [0, 0.1) is 5.92 Å². The molecule has 0 spiro atoms. The van der Waals surface area contributed by atoms with E-state index in [2.05, 4.69) is 10.6 Å². The smallest absolute Gasteiger partial charge is 0.416 e. The highest BCUT2D eigenvalue weighted by Gasteiger charge is 2.36. The van der Waals surface area contributed by atoms with Gasteiger partial charge < -0.3 is 20.0 Å². The van der Waals surface area contributed by atoms with E-state index >= 15 is 0 Å². The summed E-state index contributed by atoms with van der Waals surface area (Å²) in [5.41, 5.74) is -0.756. The Kier molecular flexibility index (Phi) is 5.90. The van der Waals surface area contributed by atoms with Crippen molar-refractivity contribution in [1.29, 1.82) is 0 Å². The molecule has 0 bridgehead atoms. The topological polar surface area (TPSA) is 91.7 Å². The van der Waals surface area contributed by atoms with Crippen molar-refractivity contribution in [2.75, 3.05) is 24.5 Å². The van der Waals surface area contributed by atoms with Crippen molar-refractivity contribution < 1.29 is 32.0 Å². The van der Waals surface area contributed by atoms with Gasteiger partial charge in [0.15, 0.2) is 5.76 Å². The van der Waals surface area contributed by atoms with E-state index in [0.717, 1.165) is 12.1 Å². The molecular weight excluding hydrogens is 391 g/mol. The molecular formula is C19H18F3N3O4. The summed E-state index contributed by atoms with van der Waals surface area (Å²) in [4.78, 5) is 37.3. The minimum Gasteiger partial charge on any atom is -0.459 e. The molecule has 7 nitrogen and oxygen atoms in total. The summed E-state index contributed by atoms with van der Waals surface area (Å²) in [6.45, 7) is 0.285. The molecule has 1 atom stereocenters. The van der Waals surface area contributed by atoms with E-state index in [-0.39, 0.29) is 37.5 Å². The minimum atomic E-state index is -4.52. The number of halogens is 3. The van der Waals surface area contributed by atoms with Crippen LogP contribution in [0.1, 0.15) is 22.5 Å². The first-order chi connectivity index (χ1) is 13.8. The highest BCUT2D eigenvalue weighted by molar-refractivity contribution is 6.00. The Morgan fingerprint density at radius 3 is 2.59 bits per heavy atom. The number of carbonyl (C=O) groups is 3. The third-order valence-electron chi connectivity index (χ3n) is 4.44. The van der Waals surface area contributed by atoms with Crippen LogP contribution < -0.4 is 15.5 Å². The lowest BCUT2D eigenvalue weighted by molar-refractivity contribution is -0.137. The predicted molar refractivity (Wildman–Crippen MR) is 96.0 cm³/mol. The van der Waals surface area contributed by atoms with Gasteiger partial charge in [-0.05, 0) is 30.3 Å². The first kappa shape index (κ1) is 20.4. The summed E-state index contributed by atoms with van der Waals surface area (Å²) >= 11 is 0. The van der Waals surface area contributed by atoms with Gasteiger partial charge >= 0.3 is 6.18 Å². The van der Waals surface area contributed by atoms with E-state index in [1.807, 2.05) is 0 Å². The van der Waals surface area contributed by atoms with E-state index in [0.29, 0.717) is 0 Å². The molecule has 2 heterocycles. The van der Waals surface area contributed by atoms with Crippen molar-refractivity contribution in [1.82, 2.24) is 10.6 Å². The number of rotatable bonds is 6. The van der Waals surface area contributed by atoms with Crippen molar-refractivity contribution in [3.05, 3.63) is 54.0 Å². The second kappa shape index (κ2) is 8.38. The third kappa shape index (κ3) is 4.95. The van der Waals surface area contributed by atoms with E-state index in [1.165, 1.54) is 29.4 Å². The number of furan rings is 1. The summed E-state index contributed by atoms with van der Waals surface area (Å²) in [6.07, 6.45) is -3.25. The van der Waals surface area contributed by atoms with Crippen LogP contribution in [-0.2, 0) is 15.8 Å². The van der Waals surface area contributed by atoms with Crippen LogP contribution >= 0.6 is 0 Å². The van der Waals surface area contributed by atoms with Crippen LogP contribution in [0.15, 0.2) is 47.1 Å². The third-order valence-corrected chi connectivity index (χ3v) is 4.44. The van der Waals surface area contributed by atoms with Gasteiger partial charge in [-0.2, -0.15) is 13.2 Å². The van der Waals surface area contributed by atoms with Crippen molar-refractivity contribution >= 4 is 23.4 Å². The molecule has 2 N–H and O–H groups in total. The molecule has 2 aromatic rings. The molecule has 1 aliphatic rings. The Hall–Kier alpha value is -3.30. The summed E-state index contributed by atoms with van der Waals surface area (Å²) in [5.74, 6) is -1.78. The zero-order chi connectivity index (χ0) is 21.0. The predicted octanol–water partition coefficient (Wildman–Crippen LogP) is 2.20. The molecule has 10 heteroatoms. The van der Waals surface area contributed by atoms with E-state index in [9.17, 15) is 27.6 Å². The number of hydrogen-bond donors (Lipinski definition) is 2. The highest BCUT2D eigenvalue weighted by Crippen LogP contribution is 2.33. The maximum Gasteiger partial charge on any atom is 0.416 e. The summed E-state index contributed by atoms with van der Waals surface area (Å²) < 4.78 is 43.6. The largest absolute Gasteiger partial charge is 0.459 e. The normalized spacial score (nSPS) is 16.7. The molecule has 154 valence electrons. The SMILES string of the molecule is O=C(NCCNC(=O)[C@H]1CC(=O)N(c2cccc(C(F)(F)F)c2)C1)c1ccco1. The summed E-state index contributed by atoms with van der Waals surface area (Å²) in [7, 11) is 0. The number of nitrogens with one attached hydrogen (secondary N) is 2. The molecule has 1 aromatic carbocycles. The van der Waals surface area contributed by atoms with Gasteiger partial charge in [0, 0.05) is 31.7 Å². The van der Waals surface area contributed by atoms with Gasteiger partial charge in [-0.1, -0.05) is 6.07 Å². The molecule has 29 heavy (non-hydrogen) atoms. The lowest BCUT2D eigenvalue weighted by Gasteiger charge is -2.18. The molecule has 0 aliphatic carbocycles. The van der Waals surface area contributed by atoms with Crippen LogP contribution in [0.4, 0.5) is 18.9 Å². The van der Waals surface area contributed by atoms with E-state index in [1.54, 1.807) is 6.07 Å². The van der Waals surface area contributed by atoms with Crippen molar-refractivity contribution in [2.45, 2.75) is 12.6 Å². The number of anilines is 1. The van der Waals surface area contributed by atoms with Crippen molar-refractivity contribution in [2.24, 2.45) is 5.92 Å². The molecule has 1 aromatic heterocycles. The fraction of sp³-hybridized carbons (Fsp3) is 0.316. The van der Waals surface area contributed by atoms with Gasteiger partial charge in [-0.25, -0.2) is 0 Å². The molecule has 0 radical (unpaired) electrons. The minimum absolute atomic E-state index is 0.00919. The van der Waals surface area contributed by atoms with Crippen LogP contribution in [0.5, 0.6) is 0 Å². The zero-order valence-electron chi connectivity index (χ0n) is 15.2. The number of hydrogen-bond acceptors (Lipinski definition) is 4. The van der Waals surface area contributed by atoms with Crippen LogP contribution in [0.2, 0.25) is 0 Å². The summed E-state index contributed by atoms with van der Waals surface area (Å²) in [6, 6.07) is 7.51. The maximum atomic E-state index is 12.9. The zero-order valence-corrected chi connectivity index (χ0v) is 15.2. The fourth-order valence-corrected chi connectivity index (χ4v) is 2.98. The second-order valence-electron chi connectivity index (χ2n) is 6.48. The standard InChI is InChI=1S/C19H18F3N3O4/c20-19(21,22)13-3-1-4-14(10-13)25-11-12(9-16(25)26)17(27)23-6-7-24-18(28)15-5-2-8-29-15/h1-5,8,10,12H,6-7,9,11H2,(H,23,27)(H,24,28)/t12-/m0/s1. The number of amides is 3. The van der Waals surface area contributed by atoms with Crippen molar-refractivity contribution in [3.63, 3.8) is 0 Å². The molecule has 3 rings (SSSR count). The Morgan fingerprint density at radius 1 is 1.14 bits per heavy atom. The Labute approximate surface area is 163 Å². The maximum absolute atomic E-state index is 12.9. The monoisotopic (exact) mass is 409 g/mol. The summed E-state index contributed by atoms with van der Waals surface area (Å²) in [5, 5.41) is 5.17. The average molecular weight is 409 g/mol. The van der Waals surface area contributed by atoms with E-state index in [4.69, 9.17) is 4.42 Å². The molecule has 1 aliphatic heterocycles. The molecule has 3 amide bonds. The number of benzene rings is 1. The number of alkyl halides is 3. The molecule has 0 saturated carbocycles. The second-order valence-corrected chi connectivity index (χ2v) is 6.48. The number of nitrogens with zero attached hydrogens (tertiary/aromatic N) is 1. The van der Waals surface area contributed by atoms with Crippen LogP contribution in [0.3, 0.4) is 0 Å². The van der Waals surface area contributed by atoms with E-state index < -0.39 is 35.4 Å². The average Bonchev–Trinajstić information content (AvgIpc) is 3.34. The molecule has 1 saturated heterocycles. The molecule has 1 fully saturated rings. The Bertz CT molecular complexity index is 896. The first-order valence-corrected chi connectivity index (χ1v) is 8.83. The van der Waals surface area contributed by atoms with Gasteiger partial charge in [-0.15, -0.1) is 0 Å². The molecule has 0 unspecified atom stereocenters. The van der Waals surface area contributed by atoms with Gasteiger partial charge in [0.1, 0.15) is 0 Å². The van der Waals surface area contributed by atoms with Gasteiger partial charge in [0.2, 0.25) is 11.8 Å². The lowest BCUT2D eigenvalue weighted by Crippen LogP contribution is -2.38. The van der Waals surface area contributed by atoms with Gasteiger partial charge in [0.05, 0.1) is 17.7 Å². The van der Waals surface area contributed by atoms with Crippen LogP contribution in [0.25, 0.3) is 0 Å². The van der Waals surface area contributed by atoms with Gasteiger partial charge in [-0.3, -0.25) is 14.4 Å². The Morgan fingerprint density at radius 2 is 1.90 bits per heavy atom. The fourth-order valence-electron chi connectivity index (χ4n) is 2.98. The first-order valence-electron chi connectivity index (χ1n) is 8.83. The Balaban J connectivity index is 1.51. The van der Waals surface area contributed by atoms with Gasteiger partial charge in [0.25, 0.3) is 5.91 Å². The van der Waals surface area contributed by atoms with Crippen LogP contribution in [-0.4, -0.2) is 37.4 Å². The lowest BCUT2D eigenvalue weighted by atomic mass is 10.1. The number of carbonyl (C=O) groups excluding carboxylic acids is 3. The highest BCUT2D eigenvalue weighted by atomic mass is 19.4. The van der Waals surface area contributed by atoms with Crippen molar-refractivity contribution in [3.8, 4) is 0 Å².